The number of halogens is 3. The molecule has 76 valence electrons. The van der Waals surface area contributed by atoms with E-state index in [1.165, 1.54) is 29.5 Å². The van der Waals surface area contributed by atoms with Crippen LogP contribution in [0.1, 0.15) is 19.8 Å². The van der Waals surface area contributed by atoms with Gasteiger partial charge in [0.05, 0.1) is 13.0 Å². The molecule has 0 aliphatic rings. The molecule has 0 rings (SSSR count). The number of hydrogen-bond acceptors (Lipinski definition) is 3. The second-order valence-corrected chi connectivity index (χ2v) is 3.57. The Morgan fingerprint density at radius 1 is 1.38 bits per heavy atom. The second kappa shape index (κ2) is 5.46. The maximum Gasteiger partial charge on any atom is 0.311 e. The van der Waals surface area contributed by atoms with Crippen molar-refractivity contribution in [2.75, 3.05) is 6.61 Å². The normalized spacial score (nSPS) is 11.1. The maximum absolute atomic E-state index is 12.7. The predicted molar refractivity (Wildman–Crippen MR) is 49.8 cm³/mol. The Kier molecular flexibility index (Phi) is 5.34. The van der Waals surface area contributed by atoms with Gasteiger partial charge in [0.25, 0.3) is 5.92 Å². The summed E-state index contributed by atoms with van der Waals surface area (Å²) in [6.07, 6.45) is -1.96. The molecule has 6 heteroatoms. The lowest BCUT2D eigenvalue weighted by Crippen LogP contribution is -2.24. The predicted octanol–water partition coefficient (Wildman–Crippen LogP) is 1.93. The van der Waals surface area contributed by atoms with Gasteiger partial charge in [-0.2, -0.15) is 0 Å². The van der Waals surface area contributed by atoms with E-state index in [1.807, 2.05) is 0 Å². The van der Waals surface area contributed by atoms with E-state index in [1.54, 1.807) is 0 Å². The minimum absolute atomic E-state index is 0.0626. The van der Waals surface area contributed by atoms with Gasteiger partial charge in [0.2, 0.25) is 0 Å². The van der Waals surface area contributed by atoms with Crippen LogP contribution in [0.3, 0.4) is 0 Å². The lowest BCUT2D eigenvalue weighted by Gasteiger charge is -2.12. The summed E-state index contributed by atoms with van der Waals surface area (Å²) in [7, 11) is 0. The van der Waals surface area contributed by atoms with Crippen molar-refractivity contribution >= 4 is 32.4 Å². The Hall–Kier alpha value is -0.270. The van der Waals surface area contributed by atoms with E-state index in [0.29, 0.717) is 0 Å². The standard InChI is InChI=1S/C7H9F2IO3/c1-2-13-6(12)4-7(8,9)3-5(10)11/h2-4H2,1H3. The first-order valence-corrected chi connectivity index (χ1v) is 4.67. The molecule has 0 aromatic carbocycles. The molecule has 0 spiro atoms. The van der Waals surface area contributed by atoms with Crippen LogP contribution in [-0.2, 0) is 14.3 Å². The van der Waals surface area contributed by atoms with E-state index in [4.69, 9.17) is 0 Å². The topological polar surface area (TPSA) is 43.4 Å². The van der Waals surface area contributed by atoms with Crippen LogP contribution in [0.5, 0.6) is 0 Å². The average molecular weight is 306 g/mol. The van der Waals surface area contributed by atoms with E-state index in [-0.39, 0.29) is 6.61 Å². The largest absolute Gasteiger partial charge is 0.466 e. The van der Waals surface area contributed by atoms with Crippen LogP contribution < -0.4 is 0 Å². The van der Waals surface area contributed by atoms with Gasteiger partial charge in [-0.1, -0.05) is 0 Å². The van der Waals surface area contributed by atoms with Crippen LogP contribution in [0, 0.1) is 0 Å². The molecule has 0 amide bonds. The average Bonchev–Trinajstić information content (AvgIpc) is 1.81. The van der Waals surface area contributed by atoms with Gasteiger partial charge in [-0.15, -0.1) is 0 Å². The van der Waals surface area contributed by atoms with Gasteiger partial charge >= 0.3 is 5.97 Å². The Bertz CT molecular complexity index is 206. The SMILES string of the molecule is CCOC(=O)CC(F)(F)CC(=O)I. The van der Waals surface area contributed by atoms with Crippen molar-refractivity contribution in [1.82, 2.24) is 0 Å². The molecule has 0 N–H and O–H groups in total. The molecule has 0 saturated carbocycles. The quantitative estimate of drug-likeness (QED) is 0.443. The highest BCUT2D eigenvalue weighted by atomic mass is 127. The molecular weight excluding hydrogens is 297 g/mol. The summed E-state index contributed by atoms with van der Waals surface area (Å²) in [5, 5.41) is 0. The molecule has 0 aliphatic carbocycles. The first-order valence-electron chi connectivity index (χ1n) is 3.59. The highest BCUT2D eigenvalue weighted by Gasteiger charge is 2.34. The molecule has 0 bridgehead atoms. The van der Waals surface area contributed by atoms with Crippen molar-refractivity contribution < 1.29 is 23.1 Å². The number of rotatable bonds is 5. The summed E-state index contributed by atoms with van der Waals surface area (Å²) in [5.41, 5.74) is 0. The number of alkyl halides is 2. The first-order chi connectivity index (χ1) is 5.87. The molecule has 0 aromatic rings. The van der Waals surface area contributed by atoms with Gasteiger partial charge in [-0.3, -0.25) is 9.59 Å². The van der Waals surface area contributed by atoms with E-state index in [9.17, 15) is 18.4 Å². The Balaban J connectivity index is 4.00. The number of ether oxygens (including phenoxy) is 1. The van der Waals surface area contributed by atoms with Gasteiger partial charge in [-0.25, -0.2) is 8.78 Å². The van der Waals surface area contributed by atoms with Gasteiger partial charge in [-0.05, 0) is 29.5 Å². The molecule has 0 radical (unpaired) electrons. The molecule has 0 fully saturated rings. The van der Waals surface area contributed by atoms with Gasteiger partial charge in [0.1, 0.15) is 6.42 Å². The molecule has 13 heavy (non-hydrogen) atoms. The maximum atomic E-state index is 12.7. The zero-order valence-corrected chi connectivity index (χ0v) is 9.14. The molecule has 0 aliphatic heterocycles. The Labute approximate surface area is 88.0 Å². The van der Waals surface area contributed by atoms with E-state index >= 15 is 0 Å². The second-order valence-electron chi connectivity index (χ2n) is 2.37. The molecule has 0 saturated heterocycles. The minimum atomic E-state index is -3.29. The fourth-order valence-corrected chi connectivity index (χ4v) is 1.25. The van der Waals surface area contributed by atoms with Crippen molar-refractivity contribution in [2.24, 2.45) is 0 Å². The zero-order chi connectivity index (χ0) is 10.5. The molecule has 0 atom stereocenters. The zero-order valence-electron chi connectivity index (χ0n) is 6.98. The monoisotopic (exact) mass is 306 g/mol. The first kappa shape index (κ1) is 12.7. The summed E-state index contributed by atoms with van der Waals surface area (Å²) in [5.74, 6) is -4.27. The van der Waals surface area contributed by atoms with Crippen LogP contribution in [-0.4, -0.2) is 22.3 Å². The van der Waals surface area contributed by atoms with Gasteiger partial charge in [0, 0.05) is 0 Å². The van der Waals surface area contributed by atoms with Crippen molar-refractivity contribution in [3.63, 3.8) is 0 Å². The van der Waals surface area contributed by atoms with Crippen LogP contribution in [0.2, 0.25) is 0 Å². The van der Waals surface area contributed by atoms with Crippen molar-refractivity contribution in [1.29, 1.82) is 0 Å². The van der Waals surface area contributed by atoms with Crippen molar-refractivity contribution in [2.45, 2.75) is 25.7 Å². The third-order valence-electron chi connectivity index (χ3n) is 1.11. The number of carbonyl (C=O) groups is 2. The molecule has 0 heterocycles. The third-order valence-corrected chi connectivity index (χ3v) is 1.49. The van der Waals surface area contributed by atoms with Gasteiger partial charge in [0.15, 0.2) is 3.79 Å². The Morgan fingerprint density at radius 3 is 2.31 bits per heavy atom. The summed E-state index contributed by atoms with van der Waals surface area (Å²) >= 11 is 1.26. The van der Waals surface area contributed by atoms with Crippen LogP contribution in [0.15, 0.2) is 0 Å². The molecule has 3 nitrogen and oxygen atoms in total. The fraction of sp³-hybridized carbons (Fsp3) is 0.714. The molecular formula is C7H9F2IO3. The minimum Gasteiger partial charge on any atom is -0.466 e. The smallest absolute Gasteiger partial charge is 0.311 e. The lowest BCUT2D eigenvalue weighted by atomic mass is 10.2. The van der Waals surface area contributed by atoms with E-state index in [0.717, 1.165) is 0 Å². The summed E-state index contributed by atoms with van der Waals surface area (Å²) in [6.45, 7) is 1.59. The van der Waals surface area contributed by atoms with Crippen LogP contribution in [0.4, 0.5) is 8.78 Å². The molecule has 0 aromatic heterocycles. The highest BCUT2D eigenvalue weighted by Crippen LogP contribution is 2.24. The lowest BCUT2D eigenvalue weighted by molar-refractivity contribution is -0.151. The van der Waals surface area contributed by atoms with Crippen molar-refractivity contribution in [3.05, 3.63) is 0 Å². The number of carbonyl (C=O) groups excluding carboxylic acids is 2. The van der Waals surface area contributed by atoms with E-state index in [2.05, 4.69) is 4.74 Å². The highest BCUT2D eigenvalue weighted by molar-refractivity contribution is 14.1. The summed E-state index contributed by atoms with van der Waals surface area (Å²) in [4.78, 5) is 21.0. The number of esters is 1. The summed E-state index contributed by atoms with van der Waals surface area (Å²) < 4.78 is 29.1. The third kappa shape index (κ3) is 6.85. The summed E-state index contributed by atoms with van der Waals surface area (Å²) in [6, 6.07) is 0. The van der Waals surface area contributed by atoms with Crippen LogP contribution >= 0.6 is 22.6 Å². The molecule has 0 unspecified atom stereocenters. The fourth-order valence-electron chi connectivity index (χ4n) is 0.689. The van der Waals surface area contributed by atoms with E-state index < -0.39 is 28.5 Å². The number of hydrogen-bond donors (Lipinski definition) is 0. The van der Waals surface area contributed by atoms with Crippen molar-refractivity contribution in [3.8, 4) is 0 Å². The van der Waals surface area contributed by atoms with Gasteiger partial charge < -0.3 is 4.74 Å². The Morgan fingerprint density at radius 2 is 1.92 bits per heavy atom. The van der Waals surface area contributed by atoms with Crippen LogP contribution in [0.25, 0.3) is 0 Å².